The van der Waals surface area contributed by atoms with E-state index < -0.39 is 0 Å². The van der Waals surface area contributed by atoms with E-state index in [4.69, 9.17) is 5.73 Å². The smallest absolute Gasteiger partial charge is 0.246 e. The molecule has 0 unspecified atom stereocenters. The number of rotatable bonds is 6. The first kappa shape index (κ1) is 14.2. The van der Waals surface area contributed by atoms with Crippen LogP contribution in [0.4, 0.5) is 5.95 Å². The Labute approximate surface area is 106 Å². The summed E-state index contributed by atoms with van der Waals surface area (Å²) in [6.07, 6.45) is 3.42. The lowest BCUT2D eigenvalue weighted by atomic mass is 10.2. The molecule has 0 bridgehead atoms. The van der Waals surface area contributed by atoms with E-state index in [-0.39, 0.29) is 24.9 Å². The third-order valence-electron chi connectivity index (χ3n) is 2.16. The van der Waals surface area contributed by atoms with Crippen molar-refractivity contribution in [3.8, 4) is 0 Å². The van der Waals surface area contributed by atoms with Gasteiger partial charge in [-0.25, -0.2) is 4.98 Å². The van der Waals surface area contributed by atoms with Gasteiger partial charge in [-0.05, 0) is 5.92 Å². The van der Waals surface area contributed by atoms with Gasteiger partial charge in [0.05, 0.1) is 13.1 Å². The van der Waals surface area contributed by atoms with Crippen LogP contribution < -0.4 is 16.4 Å². The van der Waals surface area contributed by atoms with Crippen LogP contribution in [-0.4, -0.2) is 34.5 Å². The van der Waals surface area contributed by atoms with Crippen LogP contribution in [0.3, 0.4) is 0 Å². The molecule has 0 fully saturated rings. The molecule has 0 spiro atoms. The van der Waals surface area contributed by atoms with Crippen molar-refractivity contribution in [2.75, 3.05) is 18.4 Å². The molecule has 1 aromatic heterocycles. The molecule has 100 valence electrons. The minimum absolute atomic E-state index is 0.107. The Balaban J connectivity index is 2.49. The molecule has 7 nitrogen and oxygen atoms in total. The summed E-state index contributed by atoms with van der Waals surface area (Å²) >= 11 is 0. The fourth-order valence-electron chi connectivity index (χ4n) is 1.39. The number of anilines is 1. The first-order valence-corrected chi connectivity index (χ1v) is 5.80. The molecule has 2 amide bonds. The number of amides is 2. The average Bonchev–Trinajstić information content (AvgIpc) is 2.72. The predicted octanol–water partition coefficient (Wildman–Crippen LogP) is -0.447. The predicted molar refractivity (Wildman–Crippen MR) is 67.8 cm³/mol. The zero-order valence-electron chi connectivity index (χ0n) is 10.6. The number of nitrogens with two attached hydrogens (primary N) is 1. The minimum Gasteiger partial charge on any atom is -0.346 e. The summed E-state index contributed by atoms with van der Waals surface area (Å²) in [6, 6.07) is 0. The van der Waals surface area contributed by atoms with Crippen molar-refractivity contribution in [2.45, 2.75) is 20.4 Å². The summed E-state index contributed by atoms with van der Waals surface area (Å²) < 4.78 is 1.85. The number of carbonyl (C=O) groups is 2. The van der Waals surface area contributed by atoms with E-state index in [0.29, 0.717) is 11.9 Å². The largest absolute Gasteiger partial charge is 0.346 e. The van der Waals surface area contributed by atoms with Crippen LogP contribution in [0, 0.1) is 5.92 Å². The Kier molecular flexibility index (Phi) is 5.31. The zero-order valence-corrected chi connectivity index (χ0v) is 10.6. The maximum atomic E-state index is 11.5. The van der Waals surface area contributed by atoms with Gasteiger partial charge in [-0.3, -0.25) is 14.9 Å². The Bertz CT molecular complexity index is 413. The van der Waals surface area contributed by atoms with E-state index in [1.807, 2.05) is 4.57 Å². The molecule has 0 aliphatic carbocycles. The van der Waals surface area contributed by atoms with E-state index in [0.717, 1.165) is 6.54 Å². The molecule has 0 saturated carbocycles. The maximum Gasteiger partial charge on any atom is 0.246 e. The topological polar surface area (TPSA) is 102 Å². The Morgan fingerprint density at radius 1 is 1.44 bits per heavy atom. The summed E-state index contributed by atoms with van der Waals surface area (Å²) in [6.45, 7) is 4.69. The van der Waals surface area contributed by atoms with Gasteiger partial charge in [0.25, 0.3) is 0 Å². The van der Waals surface area contributed by atoms with E-state index in [1.54, 1.807) is 12.4 Å². The number of nitrogens with one attached hydrogen (secondary N) is 2. The van der Waals surface area contributed by atoms with Crippen LogP contribution >= 0.6 is 0 Å². The van der Waals surface area contributed by atoms with Crippen LogP contribution in [0.1, 0.15) is 13.8 Å². The highest BCUT2D eigenvalue weighted by Gasteiger charge is 2.09. The fraction of sp³-hybridized carbons (Fsp3) is 0.545. The number of aromatic nitrogens is 2. The highest BCUT2D eigenvalue weighted by molar-refractivity contribution is 5.93. The highest BCUT2D eigenvalue weighted by Crippen LogP contribution is 2.07. The van der Waals surface area contributed by atoms with Crippen molar-refractivity contribution in [1.29, 1.82) is 0 Å². The first-order chi connectivity index (χ1) is 8.52. The molecule has 1 aromatic rings. The summed E-state index contributed by atoms with van der Waals surface area (Å²) in [5.41, 5.74) is 5.11. The number of nitrogens with zero attached hydrogens (tertiary/aromatic N) is 2. The van der Waals surface area contributed by atoms with Crippen LogP contribution in [0.25, 0.3) is 0 Å². The lowest BCUT2D eigenvalue weighted by molar-refractivity contribution is -0.123. The second-order valence-electron chi connectivity index (χ2n) is 4.33. The molecule has 0 saturated heterocycles. The quantitative estimate of drug-likeness (QED) is 0.639. The monoisotopic (exact) mass is 253 g/mol. The van der Waals surface area contributed by atoms with Crippen molar-refractivity contribution in [3.63, 3.8) is 0 Å². The molecule has 4 N–H and O–H groups in total. The van der Waals surface area contributed by atoms with Gasteiger partial charge in [0.1, 0.15) is 0 Å². The lowest BCUT2D eigenvalue weighted by Crippen LogP contribution is -2.37. The Hall–Kier alpha value is -1.89. The van der Waals surface area contributed by atoms with Gasteiger partial charge < -0.3 is 15.6 Å². The van der Waals surface area contributed by atoms with Gasteiger partial charge in [-0.2, -0.15) is 0 Å². The zero-order chi connectivity index (χ0) is 13.5. The first-order valence-electron chi connectivity index (χ1n) is 5.80. The molecule has 18 heavy (non-hydrogen) atoms. The summed E-state index contributed by atoms with van der Waals surface area (Å²) in [4.78, 5) is 26.5. The molecular formula is C11H19N5O2. The van der Waals surface area contributed by atoms with E-state index >= 15 is 0 Å². The number of carbonyl (C=O) groups excluding carboxylic acids is 2. The van der Waals surface area contributed by atoms with E-state index in [1.165, 1.54) is 0 Å². The van der Waals surface area contributed by atoms with Crippen LogP contribution in [0.5, 0.6) is 0 Å². The molecule has 7 heteroatoms. The molecule has 0 radical (unpaired) electrons. The molecule has 1 rings (SSSR count). The number of hydrogen-bond acceptors (Lipinski definition) is 4. The third kappa shape index (κ3) is 4.54. The number of hydrogen-bond donors (Lipinski definition) is 3. The van der Waals surface area contributed by atoms with Gasteiger partial charge in [-0.1, -0.05) is 13.8 Å². The van der Waals surface area contributed by atoms with Crippen LogP contribution in [0.15, 0.2) is 12.4 Å². The molecule has 1 heterocycles. The second-order valence-corrected chi connectivity index (χ2v) is 4.33. The summed E-state index contributed by atoms with van der Waals surface area (Å²) in [5.74, 6) is 0.242. The Morgan fingerprint density at radius 2 is 2.17 bits per heavy atom. The van der Waals surface area contributed by atoms with Gasteiger partial charge >= 0.3 is 0 Å². The van der Waals surface area contributed by atoms with E-state index in [9.17, 15) is 9.59 Å². The van der Waals surface area contributed by atoms with Crippen LogP contribution in [0.2, 0.25) is 0 Å². The summed E-state index contributed by atoms with van der Waals surface area (Å²) in [7, 11) is 0. The van der Waals surface area contributed by atoms with Crippen molar-refractivity contribution in [3.05, 3.63) is 12.4 Å². The maximum absolute atomic E-state index is 11.5. The second kappa shape index (κ2) is 6.75. The van der Waals surface area contributed by atoms with Crippen molar-refractivity contribution in [2.24, 2.45) is 11.7 Å². The van der Waals surface area contributed by atoms with Gasteiger partial charge in [-0.15, -0.1) is 0 Å². The number of imidazole rings is 1. The Morgan fingerprint density at radius 3 is 2.78 bits per heavy atom. The molecule has 0 atom stereocenters. The average molecular weight is 253 g/mol. The lowest BCUT2D eigenvalue weighted by Gasteiger charge is -2.11. The molecule has 0 aromatic carbocycles. The normalized spacial score (nSPS) is 10.4. The van der Waals surface area contributed by atoms with Crippen molar-refractivity contribution in [1.82, 2.24) is 14.9 Å². The summed E-state index contributed by atoms with van der Waals surface area (Å²) in [5, 5.41) is 5.02. The minimum atomic E-state index is -0.365. The standard InChI is InChI=1S/C11H19N5O2/c1-8(2)7-16-4-3-13-11(16)15-10(18)6-14-9(17)5-12/h3-4,8H,5-7,12H2,1-2H3,(H,14,17)(H,13,15,18). The molecular weight excluding hydrogens is 234 g/mol. The van der Waals surface area contributed by atoms with Crippen molar-refractivity contribution < 1.29 is 9.59 Å². The van der Waals surface area contributed by atoms with Gasteiger partial charge in [0.15, 0.2) is 0 Å². The molecule has 0 aliphatic heterocycles. The third-order valence-corrected chi connectivity index (χ3v) is 2.16. The van der Waals surface area contributed by atoms with Crippen molar-refractivity contribution >= 4 is 17.8 Å². The van der Waals surface area contributed by atoms with Gasteiger partial charge in [0, 0.05) is 18.9 Å². The highest BCUT2D eigenvalue weighted by atomic mass is 16.2. The van der Waals surface area contributed by atoms with E-state index in [2.05, 4.69) is 29.5 Å². The van der Waals surface area contributed by atoms with Crippen LogP contribution in [-0.2, 0) is 16.1 Å². The molecule has 0 aliphatic rings. The SMILES string of the molecule is CC(C)Cn1ccnc1NC(=O)CNC(=O)CN. The fourth-order valence-corrected chi connectivity index (χ4v) is 1.39. The van der Waals surface area contributed by atoms with Gasteiger partial charge in [0.2, 0.25) is 17.8 Å².